The molecule has 0 fully saturated rings. The number of nitrogens with one attached hydrogen (secondary N) is 1. The highest BCUT2D eigenvalue weighted by Crippen LogP contribution is 2.25. The molecule has 0 radical (unpaired) electrons. The van der Waals surface area contributed by atoms with Crippen LogP contribution in [0.1, 0.15) is 29.2 Å². The van der Waals surface area contributed by atoms with Crippen molar-refractivity contribution < 1.29 is 4.39 Å². The molecule has 0 amide bonds. The maximum Gasteiger partial charge on any atom is 0.124 e. The summed E-state index contributed by atoms with van der Waals surface area (Å²) in [6, 6.07) is 5.15. The highest BCUT2D eigenvalue weighted by molar-refractivity contribution is 14.1. The number of nitrogens with zero attached hydrogens (tertiary/aromatic N) is 1. The van der Waals surface area contributed by atoms with Gasteiger partial charge in [-0.05, 0) is 53.8 Å². The molecular formula is C14H16FIN2S. The fourth-order valence-electron chi connectivity index (χ4n) is 1.99. The molecule has 2 aromatic rings. The molecule has 1 heterocycles. The van der Waals surface area contributed by atoms with E-state index in [1.165, 1.54) is 6.07 Å². The van der Waals surface area contributed by atoms with Crippen LogP contribution in [0.4, 0.5) is 4.39 Å². The monoisotopic (exact) mass is 390 g/mol. The molecule has 1 unspecified atom stereocenters. The van der Waals surface area contributed by atoms with Crippen LogP contribution in [0.5, 0.6) is 0 Å². The lowest BCUT2D eigenvalue weighted by Gasteiger charge is -2.18. The SMILES string of the molecule is CCNC(Cc1nc(C)cs1)c1ccc(F)cc1I. The second kappa shape index (κ2) is 6.76. The Morgan fingerprint density at radius 2 is 2.26 bits per heavy atom. The van der Waals surface area contributed by atoms with Crippen molar-refractivity contribution in [1.29, 1.82) is 0 Å². The largest absolute Gasteiger partial charge is 0.310 e. The smallest absolute Gasteiger partial charge is 0.124 e. The van der Waals surface area contributed by atoms with Gasteiger partial charge >= 0.3 is 0 Å². The van der Waals surface area contributed by atoms with Gasteiger partial charge in [-0.15, -0.1) is 11.3 Å². The lowest BCUT2D eigenvalue weighted by Crippen LogP contribution is -2.23. The number of rotatable bonds is 5. The van der Waals surface area contributed by atoms with E-state index in [9.17, 15) is 4.39 Å². The van der Waals surface area contributed by atoms with Crippen LogP contribution in [-0.2, 0) is 6.42 Å². The molecule has 1 atom stereocenters. The first kappa shape index (κ1) is 14.9. The number of likely N-dealkylation sites (N-methyl/N-ethyl adjacent to an activating group) is 1. The third-order valence-electron chi connectivity index (χ3n) is 2.83. The van der Waals surface area contributed by atoms with E-state index in [1.54, 1.807) is 17.4 Å². The van der Waals surface area contributed by atoms with Gasteiger partial charge in [-0.25, -0.2) is 9.37 Å². The zero-order valence-corrected chi connectivity index (χ0v) is 13.9. The van der Waals surface area contributed by atoms with E-state index in [-0.39, 0.29) is 11.9 Å². The van der Waals surface area contributed by atoms with Gasteiger partial charge in [0.2, 0.25) is 0 Å². The van der Waals surface area contributed by atoms with Crippen molar-refractivity contribution in [2.75, 3.05) is 6.54 Å². The zero-order valence-electron chi connectivity index (χ0n) is 10.9. The molecule has 0 spiro atoms. The van der Waals surface area contributed by atoms with Crippen LogP contribution in [0.25, 0.3) is 0 Å². The maximum absolute atomic E-state index is 13.2. The number of aryl methyl sites for hydroxylation is 1. The fraction of sp³-hybridized carbons (Fsp3) is 0.357. The summed E-state index contributed by atoms with van der Waals surface area (Å²) >= 11 is 3.87. The van der Waals surface area contributed by atoms with Crippen LogP contribution in [0.2, 0.25) is 0 Å². The molecule has 0 aliphatic rings. The van der Waals surface area contributed by atoms with Gasteiger partial charge < -0.3 is 5.32 Å². The van der Waals surface area contributed by atoms with Crippen molar-refractivity contribution in [2.24, 2.45) is 0 Å². The third-order valence-corrected chi connectivity index (χ3v) is 4.76. The summed E-state index contributed by atoms with van der Waals surface area (Å²) in [5, 5.41) is 6.63. The van der Waals surface area contributed by atoms with Crippen molar-refractivity contribution in [3.8, 4) is 0 Å². The summed E-state index contributed by atoms with van der Waals surface area (Å²) in [4.78, 5) is 4.51. The third kappa shape index (κ3) is 3.97. The first-order chi connectivity index (χ1) is 9.10. The zero-order chi connectivity index (χ0) is 13.8. The highest BCUT2D eigenvalue weighted by Gasteiger charge is 2.16. The first-order valence-corrected chi connectivity index (χ1v) is 8.15. The van der Waals surface area contributed by atoms with Crippen LogP contribution in [0, 0.1) is 16.3 Å². The standard InChI is InChI=1S/C14H16FIN2S/c1-3-17-13(7-14-18-9(2)8-19-14)11-5-4-10(15)6-12(11)16/h4-6,8,13,17H,3,7H2,1-2H3. The van der Waals surface area contributed by atoms with Gasteiger partial charge in [0, 0.05) is 27.1 Å². The molecule has 0 saturated carbocycles. The Morgan fingerprint density at radius 1 is 1.47 bits per heavy atom. The number of hydrogen-bond donors (Lipinski definition) is 1. The minimum absolute atomic E-state index is 0.183. The Morgan fingerprint density at radius 3 is 2.84 bits per heavy atom. The van der Waals surface area contributed by atoms with Crippen molar-refractivity contribution in [1.82, 2.24) is 10.3 Å². The molecule has 19 heavy (non-hydrogen) atoms. The van der Waals surface area contributed by atoms with E-state index in [0.29, 0.717) is 0 Å². The van der Waals surface area contributed by atoms with Crippen LogP contribution >= 0.6 is 33.9 Å². The maximum atomic E-state index is 13.2. The topological polar surface area (TPSA) is 24.9 Å². The van der Waals surface area contributed by atoms with Gasteiger partial charge in [0.1, 0.15) is 5.82 Å². The summed E-state index contributed by atoms with van der Waals surface area (Å²) in [7, 11) is 0. The molecule has 5 heteroatoms. The lowest BCUT2D eigenvalue weighted by molar-refractivity contribution is 0.543. The summed E-state index contributed by atoms with van der Waals surface area (Å²) in [6.07, 6.45) is 0.841. The average molecular weight is 390 g/mol. The molecule has 0 saturated heterocycles. The molecule has 1 aromatic carbocycles. The number of halogens is 2. The van der Waals surface area contributed by atoms with Crippen molar-refractivity contribution in [2.45, 2.75) is 26.3 Å². The predicted octanol–water partition coefficient (Wildman–Crippen LogP) is 4.09. The Bertz CT molecular complexity index is 556. The second-order valence-electron chi connectivity index (χ2n) is 4.36. The summed E-state index contributed by atoms with van der Waals surface area (Å²) in [5.41, 5.74) is 2.20. The van der Waals surface area contributed by atoms with E-state index < -0.39 is 0 Å². The summed E-state index contributed by atoms with van der Waals surface area (Å²) < 4.78 is 14.1. The van der Waals surface area contributed by atoms with E-state index in [0.717, 1.165) is 32.8 Å². The van der Waals surface area contributed by atoms with Gasteiger partial charge in [0.15, 0.2) is 0 Å². The molecule has 1 aromatic heterocycles. The van der Waals surface area contributed by atoms with E-state index in [4.69, 9.17) is 0 Å². The average Bonchev–Trinajstić information content (AvgIpc) is 2.74. The lowest BCUT2D eigenvalue weighted by atomic mass is 10.0. The van der Waals surface area contributed by atoms with Gasteiger partial charge in [-0.3, -0.25) is 0 Å². The molecule has 0 bridgehead atoms. The van der Waals surface area contributed by atoms with Crippen molar-refractivity contribution in [3.05, 3.63) is 49.2 Å². The van der Waals surface area contributed by atoms with Crippen molar-refractivity contribution in [3.63, 3.8) is 0 Å². The number of aromatic nitrogens is 1. The van der Waals surface area contributed by atoms with Crippen LogP contribution in [0.3, 0.4) is 0 Å². The predicted molar refractivity (Wildman–Crippen MR) is 86.1 cm³/mol. The van der Waals surface area contributed by atoms with E-state index in [2.05, 4.69) is 45.2 Å². The van der Waals surface area contributed by atoms with Crippen LogP contribution in [-0.4, -0.2) is 11.5 Å². The second-order valence-corrected chi connectivity index (χ2v) is 6.47. The van der Waals surface area contributed by atoms with E-state index >= 15 is 0 Å². The van der Waals surface area contributed by atoms with Gasteiger partial charge in [-0.2, -0.15) is 0 Å². The number of thiazole rings is 1. The van der Waals surface area contributed by atoms with Crippen LogP contribution in [0.15, 0.2) is 23.6 Å². The normalized spacial score (nSPS) is 12.6. The van der Waals surface area contributed by atoms with Gasteiger partial charge in [0.05, 0.1) is 5.01 Å². The number of hydrogen-bond acceptors (Lipinski definition) is 3. The quantitative estimate of drug-likeness (QED) is 0.779. The molecule has 0 aliphatic carbocycles. The Kier molecular flexibility index (Phi) is 5.29. The Hall–Kier alpha value is -0.530. The van der Waals surface area contributed by atoms with Crippen molar-refractivity contribution >= 4 is 33.9 Å². The molecule has 2 rings (SSSR count). The minimum Gasteiger partial charge on any atom is -0.310 e. The summed E-state index contributed by atoms with van der Waals surface area (Å²) in [6.45, 7) is 4.96. The minimum atomic E-state index is -0.187. The first-order valence-electron chi connectivity index (χ1n) is 6.19. The van der Waals surface area contributed by atoms with Crippen LogP contribution < -0.4 is 5.32 Å². The highest BCUT2D eigenvalue weighted by atomic mass is 127. The molecule has 102 valence electrons. The Labute approximate surface area is 130 Å². The molecule has 0 aliphatic heterocycles. The molecule has 1 N–H and O–H groups in total. The summed E-state index contributed by atoms with van der Waals surface area (Å²) in [5.74, 6) is -0.187. The molecule has 2 nitrogen and oxygen atoms in total. The Balaban J connectivity index is 2.23. The van der Waals surface area contributed by atoms with E-state index in [1.807, 2.05) is 13.0 Å². The van der Waals surface area contributed by atoms with Gasteiger partial charge in [0.25, 0.3) is 0 Å². The van der Waals surface area contributed by atoms with Gasteiger partial charge in [-0.1, -0.05) is 13.0 Å². The molecular weight excluding hydrogens is 374 g/mol. The fourth-order valence-corrected chi connectivity index (χ4v) is 3.67. The number of benzene rings is 1.